The Morgan fingerprint density at radius 1 is 1.00 bits per heavy atom. The van der Waals surface area contributed by atoms with E-state index in [0.29, 0.717) is 34.8 Å². The molecule has 0 radical (unpaired) electrons. The number of halogens is 1. The second kappa shape index (κ2) is 8.60. The molecule has 27 heavy (non-hydrogen) atoms. The number of anilines is 3. The first-order valence-corrected chi connectivity index (χ1v) is 8.78. The maximum absolute atomic E-state index is 6.07. The summed E-state index contributed by atoms with van der Waals surface area (Å²) in [4.78, 5) is 8.77. The van der Waals surface area contributed by atoms with Crippen LogP contribution >= 0.6 is 11.6 Å². The molecule has 0 unspecified atom stereocenters. The average Bonchev–Trinajstić information content (AvgIpc) is 2.69. The van der Waals surface area contributed by atoms with E-state index in [-0.39, 0.29) is 0 Å². The van der Waals surface area contributed by atoms with Crippen LogP contribution in [0.4, 0.5) is 17.5 Å². The molecule has 3 aromatic rings. The van der Waals surface area contributed by atoms with E-state index in [9.17, 15) is 0 Å². The molecule has 7 heteroatoms. The van der Waals surface area contributed by atoms with E-state index in [2.05, 4.69) is 20.6 Å². The van der Waals surface area contributed by atoms with Crippen molar-refractivity contribution in [1.29, 1.82) is 0 Å². The zero-order chi connectivity index (χ0) is 19.2. The number of benzene rings is 2. The summed E-state index contributed by atoms with van der Waals surface area (Å²) >= 11 is 6.07. The first kappa shape index (κ1) is 18.8. The standard InChI is InChI=1S/C20H21ClN4O2/c1-13-4-6-15(21)11-16(13)24-19-8-9-22-20(25-19)23-12-14-5-7-17(26-2)18(10-14)27-3/h4-11H,12H2,1-3H3,(H2,22,23,24,25). The van der Waals surface area contributed by atoms with Gasteiger partial charge in [0.05, 0.1) is 14.2 Å². The number of methoxy groups -OCH3 is 2. The predicted molar refractivity (Wildman–Crippen MR) is 108 cm³/mol. The SMILES string of the molecule is COc1ccc(CNc2nccc(Nc3cc(Cl)ccc3C)n2)cc1OC. The molecule has 0 aliphatic rings. The Hall–Kier alpha value is -2.99. The fourth-order valence-corrected chi connectivity index (χ4v) is 2.72. The van der Waals surface area contributed by atoms with Crippen LogP contribution in [-0.4, -0.2) is 24.2 Å². The van der Waals surface area contributed by atoms with E-state index in [4.69, 9.17) is 21.1 Å². The van der Waals surface area contributed by atoms with Gasteiger partial charge in [-0.15, -0.1) is 0 Å². The molecule has 0 aliphatic carbocycles. The van der Waals surface area contributed by atoms with Crippen LogP contribution in [0.15, 0.2) is 48.7 Å². The van der Waals surface area contributed by atoms with E-state index in [0.717, 1.165) is 16.8 Å². The molecule has 1 aromatic heterocycles. The molecule has 2 aromatic carbocycles. The predicted octanol–water partition coefficient (Wildman–Crippen LogP) is 4.81. The van der Waals surface area contributed by atoms with E-state index in [1.54, 1.807) is 20.4 Å². The lowest BCUT2D eigenvalue weighted by Gasteiger charge is -2.12. The van der Waals surface area contributed by atoms with Gasteiger partial charge in [0.25, 0.3) is 0 Å². The van der Waals surface area contributed by atoms with E-state index >= 15 is 0 Å². The van der Waals surface area contributed by atoms with Gasteiger partial charge < -0.3 is 20.1 Å². The Kier molecular flexibility index (Phi) is 5.98. The molecule has 1 heterocycles. The molecule has 2 N–H and O–H groups in total. The van der Waals surface area contributed by atoms with Gasteiger partial charge in [0.2, 0.25) is 5.95 Å². The van der Waals surface area contributed by atoms with Crippen LogP contribution in [0, 0.1) is 6.92 Å². The maximum Gasteiger partial charge on any atom is 0.224 e. The third-order valence-electron chi connectivity index (χ3n) is 4.02. The van der Waals surface area contributed by atoms with Crippen molar-refractivity contribution >= 4 is 29.1 Å². The van der Waals surface area contributed by atoms with Crippen LogP contribution in [-0.2, 0) is 6.54 Å². The number of hydrogen-bond acceptors (Lipinski definition) is 6. The van der Waals surface area contributed by atoms with Gasteiger partial charge in [0, 0.05) is 23.5 Å². The minimum Gasteiger partial charge on any atom is -0.493 e. The summed E-state index contributed by atoms with van der Waals surface area (Å²) in [6.07, 6.45) is 1.70. The highest BCUT2D eigenvalue weighted by Crippen LogP contribution is 2.28. The second-order valence-electron chi connectivity index (χ2n) is 5.89. The number of aromatic nitrogens is 2. The van der Waals surface area contributed by atoms with Crippen molar-refractivity contribution in [3.05, 3.63) is 64.8 Å². The van der Waals surface area contributed by atoms with Crippen molar-refractivity contribution in [3.63, 3.8) is 0 Å². The summed E-state index contributed by atoms with van der Waals surface area (Å²) in [6.45, 7) is 2.57. The Morgan fingerprint density at radius 3 is 2.59 bits per heavy atom. The summed E-state index contributed by atoms with van der Waals surface area (Å²) in [5.74, 6) is 2.59. The van der Waals surface area contributed by atoms with Gasteiger partial charge in [-0.25, -0.2) is 4.98 Å². The summed E-state index contributed by atoms with van der Waals surface area (Å²) < 4.78 is 10.6. The maximum atomic E-state index is 6.07. The molecule has 3 rings (SSSR count). The molecule has 0 atom stereocenters. The number of hydrogen-bond donors (Lipinski definition) is 2. The highest BCUT2D eigenvalue weighted by Gasteiger charge is 2.06. The van der Waals surface area contributed by atoms with Crippen molar-refractivity contribution in [2.75, 3.05) is 24.9 Å². The topological polar surface area (TPSA) is 68.3 Å². The molecule has 0 spiro atoms. The summed E-state index contributed by atoms with van der Waals surface area (Å²) in [6, 6.07) is 13.3. The highest BCUT2D eigenvalue weighted by molar-refractivity contribution is 6.30. The van der Waals surface area contributed by atoms with Gasteiger partial charge in [-0.3, -0.25) is 0 Å². The molecule has 0 amide bonds. The quantitative estimate of drug-likeness (QED) is 0.609. The second-order valence-corrected chi connectivity index (χ2v) is 6.33. The monoisotopic (exact) mass is 384 g/mol. The molecule has 0 fully saturated rings. The van der Waals surface area contributed by atoms with Crippen LogP contribution < -0.4 is 20.1 Å². The molecule has 0 saturated heterocycles. The van der Waals surface area contributed by atoms with Gasteiger partial charge in [0.15, 0.2) is 11.5 Å². The fraction of sp³-hybridized carbons (Fsp3) is 0.200. The van der Waals surface area contributed by atoms with Gasteiger partial charge in [-0.2, -0.15) is 4.98 Å². The highest BCUT2D eigenvalue weighted by atomic mass is 35.5. The molecular weight excluding hydrogens is 364 g/mol. The van der Waals surface area contributed by atoms with Crippen molar-refractivity contribution in [2.45, 2.75) is 13.5 Å². The van der Waals surface area contributed by atoms with Gasteiger partial charge in [-0.05, 0) is 48.4 Å². The Morgan fingerprint density at radius 2 is 1.81 bits per heavy atom. The lowest BCUT2D eigenvalue weighted by Crippen LogP contribution is -2.05. The van der Waals surface area contributed by atoms with Crippen molar-refractivity contribution in [2.24, 2.45) is 0 Å². The normalized spacial score (nSPS) is 10.4. The lowest BCUT2D eigenvalue weighted by molar-refractivity contribution is 0.354. The number of rotatable bonds is 7. The van der Waals surface area contributed by atoms with Crippen LogP contribution in [0.25, 0.3) is 0 Å². The minimum absolute atomic E-state index is 0.523. The molecule has 0 saturated carbocycles. The molecule has 0 aliphatic heterocycles. The molecular formula is C20H21ClN4O2. The zero-order valence-corrected chi connectivity index (χ0v) is 16.2. The van der Waals surface area contributed by atoms with Crippen LogP contribution in [0.3, 0.4) is 0 Å². The number of nitrogens with zero attached hydrogens (tertiary/aromatic N) is 2. The van der Waals surface area contributed by atoms with Crippen molar-refractivity contribution in [1.82, 2.24) is 9.97 Å². The van der Waals surface area contributed by atoms with Crippen LogP contribution in [0.5, 0.6) is 11.5 Å². The molecule has 0 bridgehead atoms. The summed E-state index contributed by atoms with van der Waals surface area (Å²) in [5.41, 5.74) is 3.02. The first-order chi connectivity index (χ1) is 13.1. The van der Waals surface area contributed by atoms with Crippen molar-refractivity contribution < 1.29 is 9.47 Å². The van der Waals surface area contributed by atoms with Crippen LogP contribution in [0.2, 0.25) is 5.02 Å². The Labute approximate surface area is 163 Å². The van der Waals surface area contributed by atoms with Crippen LogP contribution in [0.1, 0.15) is 11.1 Å². The number of aryl methyl sites for hydroxylation is 1. The van der Waals surface area contributed by atoms with Gasteiger partial charge >= 0.3 is 0 Å². The van der Waals surface area contributed by atoms with Gasteiger partial charge in [-0.1, -0.05) is 23.7 Å². The number of ether oxygens (including phenoxy) is 2. The summed E-state index contributed by atoms with van der Waals surface area (Å²) in [7, 11) is 3.23. The Balaban J connectivity index is 1.70. The largest absolute Gasteiger partial charge is 0.493 e. The third-order valence-corrected chi connectivity index (χ3v) is 4.25. The number of nitrogens with one attached hydrogen (secondary N) is 2. The van der Waals surface area contributed by atoms with E-state index in [1.165, 1.54) is 0 Å². The lowest BCUT2D eigenvalue weighted by atomic mass is 10.2. The first-order valence-electron chi connectivity index (χ1n) is 8.40. The molecule has 6 nitrogen and oxygen atoms in total. The van der Waals surface area contributed by atoms with E-state index in [1.807, 2.05) is 49.4 Å². The fourth-order valence-electron chi connectivity index (χ4n) is 2.55. The Bertz CT molecular complexity index is 934. The van der Waals surface area contributed by atoms with Gasteiger partial charge in [0.1, 0.15) is 5.82 Å². The van der Waals surface area contributed by atoms with E-state index < -0.39 is 0 Å². The summed E-state index contributed by atoms with van der Waals surface area (Å²) in [5, 5.41) is 7.16. The third kappa shape index (κ3) is 4.80. The zero-order valence-electron chi connectivity index (χ0n) is 15.4. The minimum atomic E-state index is 0.523. The van der Waals surface area contributed by atoms with Crippen molar-refractivity contribution in [3.8, 4) is 11.5 Å². The smallest absolute Gasteiger partial charge is 0.224 e. The molecule has 140 valence electrons. The average molecular weight is 385 g/mol.